The number of amidine groups is 2. The van der Waals surface area contributed by atoms with Crippen LogP contribution in [-0.2, 0) is 0 Å². The number of benzene rings is 2. The van der Waals surface area contributed by atoms with Gasteiger partial charge in [0.2, 0.25) is 0 Å². The number of aromatic hydroxyl groups is 2. The lowest BCUT2D eigenvalue weighted by atomic mass is 10.2. The number of nitrogens with zero attached hydrogens (tertiary/aromatic N) is 4. The Labute approximate surface area is 139 Å². The van der Waals surface area contributed by atoms with Crippen LogP contribution < -0.4 is 4.90 Å². The molecule has 0 unspecified atom stereocenters. The molecule has 2 heterocycles. The summed E-state index contributed by atoms with van der Waals surface area (Å²) in [4.78, 5) is 13.4. The Morgan fingerprint density at radius 2 is 1.75 bits per heavy atom. The van der Waals surface area contributed by atoms with Crippen molar-refractivity contribution >= 4 is 17.4 Å². The summed E-state index contributed by atoms with van der Waals surface area (Å²) in [5, 5.41) is 19.2. The monoisotopic (exact) mass is 320 g/mol. The zero-order chi connectivity index (χ0) is 16.7. The third-order valence-electron chi connectivity index (χ3n) is 3.93. The highest BCUT2D eigenvalue weighted by Crippen LogP contribution is 2.29. The first kappa shape index (κ1) is 14.3. The molecule has 2 N–H and O–H groups in total. The number of hydrogen-bond donors (Lipinski definition) is 2. The van der Waals surface area contributed by atoms with Crippen LogP contribution in [0.2, 0.25) is 0 Å². The maximum absolute atomic E-state index is 9.70. The molecule has 2 aromatic rings. The van der Waals surface area contributed by atoms with E-state index in [9.17, 15) is 10.2 Å². The topological polar surface area (TPSA) is 71.7 Å². The molecule has 24 heavy (non-hydrogen) atoms. The van der Waals surface area contributed by atoms with Gasteiger partial charge in [0.25, 0.3) is 0 Å². The third-order valence-corrected chi connectivity index (χ3v) is 3.93. The van der Waals surface area contributed by atoms with Crippen LogP contribution in [0.3, 0.4) is 0 Å². The Morgan fingerprint density at radius 1 is 0.958 bits per heavy atom. The summed E-state index contributed by atoms with van der Waals surface area (Å²) in [6.45, 7) is 0.677. The smallest absolute Gasteiger partial charge is 0.164 e. The van der Waals surface area contributed by atoms with Crippen molar-refractivity contribution in [2.24, 2.45) is 9.98 Å². The number of phenolic OH excluding ortho intramolecular Hbond substituents is 2. The van der Waals surface area contributed by atoms with Gasteiger partial charge in [-0.1, -0.05) is 18.2 Å². The van der Waals surface area contributed by atoms with Crippen molar-refractivity contribution in [1.82, 2.24) is 4.90 Å². The van der Waals surface area contributed by atoms with Crippen molar-refractivity contribution in [3.63, 3.8) is 0 Å². The number of hydrogen-bond acceptors (Lipinski definition) is 6. The van der Waals surface area contributed by atoms with Crippen LogP contribution in [0, 0.1) is 0 Å². The van der Waals surface area contributed by atoms with E-state index < -0.39 is 0 Å². The largest absolute Gasteiger partial charge is 0.504 e. The summed E-state index contributed by atoms with van der Waals surface area (Å²) in [6.07, 6.45) is 1.95. The number of anilines is 1. The number of para-hydroxylation sites is 1. The van der Waals surface area contributed by atoms with Crippen molar-refractivity contribution in [3.05, 3.63) is 66.0 Å². The normalized spacial score (nSPS) is 16.5. The lowest BCUT2D eigenvalue weighted by Gasteiger charge is -2.33. The SMILES string of the molecule is CN1C=C2N=C(c3ccc(O)c(O)c3)N=C2N(c2ccccc2)C1. The summed E-state index contributed by atoms with van der Waals surface area (Å²) in [5.41, 5.74) is 2.47. The van der Waals surface area contributed by atoms with Crippen LogP contribution in [0.1, 0.15) is 5.56 Å². The van der Waals surface area contributed by atoms with Crippen LogP contribution in [0.15, 0.2) is 70.4 Å². The van der Waals surface area contributed by atoms with E-state index in [0.717, 1.165) is 17.2 Å². The Hall–Kier alpha value is -3.28. The fourth-order valence-electron chi connectivity index (χ4n) is 2.78. The quantitative estimate of drug-likeness (QED) is 0.834. The maximum atomic E-state index is 9.70. The maximum Gasteiger partial charge on any atom is 0.164 e. The van der Waals surface area contributed by atoms with Gasteiger partial charge in [0.05, 0.1) is 6.67 Å². The van der Waals surface area contributed by atoms with Gasteiger partial charge in [-0.05, 0) is 30.3 Å². The first-order valence-corrected chi connectivity index (χ1v) is 7.56. The number of rotatable bonds is 2. The predicted octanol–water partition coefficient (Wildman–Crippen LogP) is 2.51. The molecule has 0 fully saturated rings. The van der Waals surface area contributed by atoms with E-state index in [2.05, 4.69) is 14.9 Å². The van der Waals surface area contributed by atoms with E-state index in [1.54, 1.807) is 6.07 Å². The summed E-state index contributed by atoms with van der Waals surface area (Å²) >= 11 is 0. The fraction of sp³-hybridized carbons (Fsp3) is 0.111. The van der Waals surface area contributed by atoms with Crippen molar-refractivity contribution in [3.8, 4) is 11.5 Å². The first-order valence-electron chi connectivity index (χ1n) is 7.56. The summed E-state index contributed by atoms with van der Waals surface area (Å²) in [5.74, 6) is 0.952. The van der Waals surface area contributed by atoms with Gasteiger partial charge < -0.3 is 20.0 Å². The zero-order valence-corrected chi connectivity index (χ0v) is 13.1. The third kappa shape index (κ3) is 2.38. The van der Waals surface area contributed by atoms with Gasteiger partial charge in [0, 0.05) is 24.5 Å². The van der Waals surface area contributed by atoms with Gasteiger partial charge in [0.15, 0.2) is 23.2 Å². The van der Waals surface area contributed by atoms with Crippen LogP contribution in [-0.4, -0.2) is 40.5 Å². The Bertz CT molecular complexity index is 887. The minimum Gasteiger partial charge on any atom is -0.504 e. The molecule has 2 aromatic carbocycles. The van der Waals surface area contributed by atoms with Gasteiger partial charge >= 0.3 is 0 Å². The standard InChI is InChI=1S/C18H16N4O2/c1-21-10-14-18(22(11-21)13-5-3-2-4-6-13)20-17(19-14)12-7-8-15(23)16(24)9-12/h2-10,23-24H,11H2,1H3. The minimum atomic E-state index is -0.184. The second-order valence-electron chi connectivity index (χ2n) is 5.75. The van der Waals surface area contributed by atoms with E-state index in [1.807, 2.05) is 48.5 Å². The lowest BCUT2D eigenvalue weighted by molar-refractivity contribution is 0.403. The highest BCUT2D eigenvalue weighted by Gasteiger charge is 2.28. The molecule has 0 radical (unpaired) electrons. The molecule has 0 bridgehead atoms. The van der Waals surface area contributed by atoms with Crippen LogP contribution in [0.25, 0.3) is 0 Å². The first-order chi connectivity index (χ1) is 11.6. The molecular formula is C18H16N4O2. The zero-order valence-electron chi connectivity index (χ0n) is 13.1. The molecule has 6 heteroatoms. The second-order valence-corrected chi connectivity index (χ2v) is 5.75. The molecule has 0 aromatic heterocycles. The molecular weight excluding hydrogens is 304 g/mol. The van der Waals surface area contributed by atoms with Crippen LogP contribution in [0.5, 0.6) is 11.5 Å². The average Bonchev–Trinajstić information content (AvgIpc) is 3.01. The van der Waals surface area contributed by atoms with Gasteiger partial charge in [-0.25, -0.2) is 9.98 Å². The van der Waals surface area contributed by atoms with E-state index in [4.69, 9.17) is 0 Å². The average molecular weight is 320 g/mol. The fourth-order valence-corrected chi connectivity index (χ4v) is 2.78. The molecule has 2 aliphatic rings. The molecule has 0 saturated carbocycles. The Kier molecular flexibility index (Phi) is 3.23. The molecule has 0 amide bonds. The molecule has 0 spiro atoms. The molecule has 2 aliphatic heterocycles. The van der Waals surface area contributed by atoms with Gasteiger partial charge in [-0.3, -0.25) is 0 Å². The second kappa shape index (κ2) is 5.42. The van der Waals surface area contributed by atoms with Crippen LogP contribution in [0.4, 0.5) is 5.69 Å². The molecule has 0 saturated heterocycles. The number of phenols is 2. The summed E-state index contributed by atoms with van der Waals surface area (Å²) < 4.78 is 0. The van der Waals surface area contributed by atoms with Gasteiger partial charge in [-0.2, -0.15) is 0 Å². The van der Waals surface area contributed by atoms with Crippen molar-refractivity contribution < 1.29 is 10.2 Å². The predicted molar refractivity (Wildman–Crippen MR) is 93.4 cm³/mol. The molecule has 120 valence electrons. The van der Waals surface area contributed by atoms with E-state index >= 15 is 0 Å². The summed E-state index contributed by atoms with van der Waals surface area (Å²) in [6, 6.07) is 14.6. The molecule has 0 aliphatic carbocycles. The van der Waals surface area contributed by atoms with Crippen molar-refractivity contribution in [2.75, 3.05) is 18.6 Å². The Balaban J connectivity index is 1.76. The van der Waals surface area contributed by atoms with Crippen LogP contribution >= 0.6 is 0 Å². The highest BCUT2D eigenvalue weighted by atomic mass is 16.3. The van der Waals surface area contributed by atoms with Gasteiger partial charge in [-0.15, -0.1) is 0 Å². The lowest BCUT2D eigenvalue weighted by Crippen LogP contribution is -2.42. The van der Waals surface area contributed by atoms with Crippen molar-refractivity contribution in [1.29, 1.82) is 0 Å². The molecule has 6 nitrogen and oxygen atoms in total. The van der Waals surface area contributed by atoms with E-state index in [0.29, 0.717) is 18.1 Å². The molecule has 0 atom stereocenters. The Morgan fingerprint density at radius 3 is 2.50 bits per heavy atom. The summed E-state index contributed by atoms with van der Waals surface area (Å²) in [7, 11) is 1.99. The number of fused-ring (bicyclic) bond motifs is 1. The molecule has 4 rings (SSSR count). The van der Waals surface area contributed by atoms with Crippen molar-refractivity contribution in [2.45, 2.75) is 0 Å². The number of aliphatic imine (C=N–C) groups is 2. The van der Waals surface area contributed by atoms with E-state index in [1.165, 1.54) is 12.1 Å². The minimum absolute atomic E-state index is 0.160. The van der Waals surface area contributed by atoms with E-state index in [-0.39, 0.29) is 11.5 Å². The highest BCUT2D eigenvalue weighted by molar-refractivity contribution is 6.22. The van der Waals surface area contributed by atoms with Gasteiger partial charge in [0.1, 0.15) is 5.70 Å².